The number of rotatable bonds is 4. The molecule has 0 saturated carbocycles. The number of benzene rings is 2. The molecular weight excluding hydrogens is 331 g/mol. The van der Waals surface area contributed by atoms with E-state index >= 15 is 0 Å². The molecule has 5 nitrogen and oxygen atoms in total. The minimum absolute atomic E-state index is 0.0897. The number of piperazine rings is 1. The minimum Gasteiger partial charge on any atom is -0.378 e. The molecule has 6 heteroatoms. The van der Waals surface area contributed by atoms with Crippen molar-refractivity contribution in [3.8, 4) is 0 Å². The van der Waals surface area contributed by atoms with Crippen LogP contribution < -0.4 is 10.2 Å². The molecule has 1 N–H and O–H groups in total. The van der Waals surface area contributed by atoms with E-state index in [1.807, 2.05) is 55.4 Å². The van der Waals surface area contributed by atoms with Crippen LogP contribution in [0.1, 0.15) is 5.56 Å². The monoisotopic (exact) mass is 356 g/mol. The number of hydrogen-bond donors (Lipinski definition) is 1. The molecule has 0 radical (unpaired) electrons. The van der Waals surface area contributed by atoms with Crippen molar-refractivity contribution in [2.24, 2.45) is 0 Å². The van der Waals surface area contributed by atoms with E-state index in [0.29, 0.717) is 25.2 Å². The second-order valence-electron chi connectivity index (χ2n) is 6.73. The molecule has 2 aromatic rings. The number of hydrogen-bond acceptors (Lipinski definition) is 3. The topological polar surface area (TPSA) is 38.8 Å². The molecule has 1 heterocycles. The Labute approximate surface area is 154 Å². The van der Waals surface area contributed by atoms with Crippen molar-refractivity contribution in [2.45, 2.75) is 6.54 Å². The van der Waals surface area contributed by atoms with Gasteiger partial charge >= 0.3 is 6.03 Å². The quantitative estimate of drug-likeness (QED) is 0.914. The van der Waals surface area contributed by atoms with Gasteiger partial charge in [0, 0.05) is 63.8 Å². The van der Waals surface area contributed by atoms with Crippen LogP contribution in [0, 0.1) is 5.82 Å². The van der Waals surface area contributed by atoms with Crippen LogP contribution in [0.5, 0.6) is 0 Å². The Morgan fingerprint density at radius 2 is 1.69 bits per heavy atom. The predicted octanol–water partition coefficient (Wildman–Crippen LogP) is 3.24. The molecule has 26 heavy (non-hydrogen) atoms. The highest BCUT2D eigenvalue weighted by atomic mass is 19.1. The summed E-state index contributed by atoms with van der Waals surface area (Å²) >= 11 is 0. The first kappa shape index (κ1) is 18.2. The molecule has 1 aliphatic rings. The zero-order valence-electron chi connectivity index (χ0n) is 15.3. The van der Waals surface area contributed by atoms with E-state index in [-0.39, 0.29) is 11.8 Å². The molecule has 138 valence electrons. The van der Waals surface area contributed by atoms with Gasteiger partial charge in [0.2, 0.25) is 0 Å². The summed E-state index contributed by atoms with van der Waals surface area (Å²) in [5.74, 6) is -0.172. The molecule has 0 spiro atoms. The number of nitrogens with zero attached hydrogens (tertiary/aromatic N) is 3. The van der Waals surface area contributed by atoms with E-state index in [4.69, 9.17) is 0 Å². The van der Waals surface area contributed by atoms with Gasteiger partial charge in [-0.25, -0.2) is 9.18 Å². The first-order chi connectivity index (χ1) is 12.5. The fourth-order valence-electron chi connectivity index (χ4n) is 3.02. The largest absolute Gasteiger partial charge is 0.378 e. The number of nitrogens with one attached hydrogen (secondary N) is 1. The average molecular weight is 356 g/mol. The van der Waals surface area contributed by atoms with Crippen LogP contribution in [-0.4, -0.2) is 56.1 Å². The van der Waals surface area contributed by atoms with Gasteiger partial charge in [-0.05, 0) is 30.3 Å². The molecule has 1 fully saturated rings. The number of carbonyl (C=O) groups excluding carboxylic acids is 1. The van der Waals surface area contributed by atoms with E-state index in [1.54, 1.807) is 11.0 Å². The Hall–Kier alpha value is -2.60. The lowest BCUT2D eigenvalue weighted by atomic mass is 10.2. The Morgan fingerprint density at radius 3 is 2.31 bits per heavy atom. The third-order valence-corrected chi connectivity index (χ3v) is 4.65. The van der Waals surface area contributed by atoms with Crippen molar-refractivity contribution in [3.63, 3.8) is 0 Å². The van der Waals surface area contributed by atoms with Gasteiger partial charge in [0.05, 0.1) is 0 Å². The van der Waals surface area contributed by atoms with Gasteiger partial charge in [0.25, 0.3) is 0 Å². The number of carbonyl (C=O) groups is 1. The Kier molecular flexibility index (Phi) is 5.73. The zero-order valence-corrected chi connectivity index (χ0v) is 15.3. The molecule has 1 saturated heterocycles. The van der Waals surface area contributed by atoms with Crippen LogP contribution in [0.25, 0.3) is 0 Å². The number of halogens is 1. The van der Waals surface area contributed by atoms with E-state index in [0.717, 1.165) is 24.5 Å². The second kappa shape index (κ2) is 8.19. The molecule has 0 atom stereocenters. The first-order valence-electron chi connectivity index (χ1n) is 8.82. The van der Waals surface area contributed by atoms with Gasteiger partial charge in [0.1, 0.15) is 5.82 Å². The van der Waals surface area contributed by atoms with Crippen molar-refractivity contribution in [3.05, 3.63) is 59.9 Å². The maximum absolute atomic E-state index is 13.8. The first-order valence-corrected chi connectivity index (χ1v) is 8.82. The molecule has 2 amide bonds. The fourth-order valence-corrected chi connectivity index (χ4v) is 3.02. The Morgan fingerprint density at radius 1 is 1.04 bits per heavy atom. The predicted molar refractivity (Wildman–Crippen MR) is 103 cm³/mol. The van der Waals surface area contributed by atoms with Crippen LogP contribution in [-0.2, 0) is 6.54 Å². The number of anilines is 2. The molecule has 0 aliphatic carbocycles. The molecule has 1 aliphatic heterocycles. The van der Waals surface area contributed by atoms with E-state index in [1.165, 1.54) is 6.07 Å². The molecule has 2 aromatic carbocycles. The molecule has 0 unspecified atom stereocenters. The summed E-state index contributed by atoms with van der Waals surface area (Å²) in [5.41, 5.74) is 2.57. The van der Waals surface area contributed by atoms with Crippen molar-refractivity contribution < 1.29 is 9.18 Å². The summed E-state index contributed by atoms with van der Waals surface area (Å²) in [7, 11) is 3.96. The van der Waals surface area contributed by atoms with E-state index in [2.05, 4.69) is 10.2 Å². The van der Waals surface area contributed by atoms with Crippen LogP contribution in [0.3, 0.4) is 0 Å². The maximum atomic E-state index is 13.8. The highest BCUT2D eigenvalue weighted by molar-refractivity contribution is 5.89. The van der Waals surface area contributed by atoms with Crippen molar-refractivity contribution in [2.75, 3.05) is 50.5 Å². The smallest absolute Gasteiger partial charge is 0.321 e. The van der Waals surface area contributed by atoms with Crippen molar-refractivity contribution in [1.29, 1.82) is 0 Å². The Bertz CT molecular complexity index is 740. The lowest BCUT2D eigenvalue weighted by Crippen LogP contribution is -2.49. The number of amides is 2. The van der Waals surface area contributed by atoms with Gasteiger partial charge in [-0.3, -0.25) is 4.90 Å². The van der Waals surface area contributed by atoms with Gasteiger partial charge in [-0.2, -0.15) is 0 Å². The van der Waals surface area contributed by atoms with Crippen molar-refractivity contribution >= 4 is 17.4 Å². The van der Waals surface area contributed by atoms with Crippen LogP contribution in [0.4, 0.5) is 20.6 Å². The molecule has 3 rings (SSSR count). The number of urea groups is 1. The summed E-state index contributed by atoms with van der Waals surface area (Å²) < 4.78 is 13.8. The summed E-state index contributed by atoms with van der Waals surface area (Å²) in [5, 5.41) is 2.94. The zero-order chi connectivity index (χ0) is 18.5. The summed E-state index contributed by atoms with van der Waals surface area (Å²) in [6.45, 7) is 3.32. The second-order valence-corrected chi connectivity index (χ2v) is 6.73. The normalized spacial score (nSPS) is 15.0. The lowest BCUT2D eigenvalue weighted by molar-refractivity contribution is 0.142. The van der Waals surface area contributed by atoms with E-state index < -0.39 is 0 Å². The fraction of sp³-hybridized carbons (Fsp3) is 0.350. The SMILES string of the molecule is CN(C)c1ccc(NC(=O)N2CCN(Cc3ccccc3F)CC2)cc1. The summed E-state index contributed by atoms with van der Waals surface area (Å²) in [6.07, 6.45) is 0. The highest BCUT2D eigenvalue weighted by Crippen LogP contribution is 2.17. The van der Waals surface area contributed by atoms with Gasteiger partial charge in [-0.1, -0.05) is 18.2 Å². The summed E-state index contributed by atoms with van der Waals surface area (Å²) in [6, 6.07) is 14.5. The maximum Gasteiger partial charge on any atom is 0.321 e. The van der Waals surface area contributed by atoms with E-state index in [9.17, 15) is 9.18 Å². The lowest BCUT2D eigenvalue weighted by Gasteiger charge is -2.34. The third-order valence-electron chi connectivity index (χ3n) is 4.65. The standard InChI is InChI=1S/C20H25FN4O/c1-23(2)18-9-7-17(8-10-18)22-20(26)25-13-11-24(12-14-25)15-16-5-3-4-6-19(16)21/h3-10H,11-15H2,1-2H3,(H,22,26). The summed E-state index contributed by atoms with van der Waals surface area (Å²) in [4.78, 5) is 18.4. The van der Waals surface area contributed by atoms with Gasteiger partial charge in [-0.15, -0.1) is 0 Å². The molecular formula is C20H25FN4O. The molecule has 0 aromatic heterocycles. The highest BCUT2D eigenvalue weighted by Gasteiger charge is 2.21. The average Bonchev–Trinajstić information content (AvgIpc) is 2.64. The van der Waals surface area contributed by atoms with Crippen molar-refractivity contribution in [1.82, 2.24) is 9.80 Å². The van der Waals surface area contributed by atoms with Crippen LogP contribution >= 0.6 is 0 Å². The van der Waals surface area contributed by atoms with Crippen LogP contribution in [0.2, 0.25) is 0 Å². The minimum atomic E-state index is -0.172. The van der Waals surface area contributed by atoms with Gasteiger partial charge < -0.3 is 15.1 Å². The van der Waals surface area contributed by atoms with Crippen LogP contribution in [0.15, 0.2) is 48.5 Å². The van der Waals surface area contributed by atoms with Gasteiger partial charge in [0.15, 0.2) is 0 Å². The molecule has 0 bridgehead atoms. The Balaban J connectivity index is 1.49. The third kappa shape index (κ3) is 4.52.